The minimum absolute atomic E-state index is 0.00803. The Labute approximate surface area is 236 Å². The Morgan fingerprint density at radius 1 is 1.31 bits per heavy atom. The molecule has 0 spiro atoms. The van der Waals surface area contributed by atoms with E-state index >= 15 is 0 Å². The van der Waals surface area contributed by atoms with Crippen LogP contribution in [0, 0.1) is 12.8 Å². The van der Waals surface area contributed by atoms with Crippen LogP contribution in [0.4, 0.5) is 5.82 Å². The summed E-state index contributed by atoms with van der Waals surface area (Å²) < 4.78 is 27.0. The second kappa shape index (κ2) is 11.2. The monoisotopic (exact) mass is 591 g/mol. The molecule has 1 aliphatic carbocycles. The summed E-state index contributed by atoms with van der Waals surface area (Å²) in [5, 5.41) is 19.2. The summed E-state index contributed by atoms with van der Waals surface area (Å²) in [6.45, 7) is 2.71. The first-order chi connectivity index (χ1) is 18.5. The Kier molecular flexibility index (Phi) is 8.07. The van der Waals surface area contributed by atoms with Crippen LogP contribution in [0.1, 0.15) is 55.7 Å². The van der Waals surface area contributed by atoms with Gasteiger partial charge < -0.3 is 10.4 Å². The van der Waals surface area contributed by atoms with Crippen LogP contribution in [0.2, 0.25) is 5.02 Å². The fourth-order valence-electron chi connectivity index (χ4n) is 5.51. The summed E-state index contributed by atoms with van der Waals surface area (Å²) in [7, 11) is -2.02. The number of thiophene rings is 1. The molecule has 2 aromatic heterocycles. The molecular formula is C26H30ClN5O5S2. The number of carbonyl (C=O) groups excluding carboxylic acids is 1. The van der Waals surface area contributed by atoms with Gasteiger partial charge >= 0.3 is 10.3 Å². The van der Waals surface area contributed by atoms with E-state index in [1.807, 2.05) is 25.1 Å². The van der Waals surface area contributed by atoms with E-state index in [2.05, 4.69) is 37.5 Å². The SMILES string of the molecule is Cc1sc(C(=O)c2cncnc2N[C@@H]2C[C@H](COS(N)(=O)=O)[C@@H](O)C2)cc1[C@H]1c2cc(Cl)ccc2CCN1C. The highest BCUT2D eigenvalue weighted by atomic mass is 35.5. The molecule has 10 nitrogen and oxygen atoms in total. The van der Waals surface area contributed by atoms with E-state index in [4.69, 9.17) is 16.7 Å². The normalized spacial score (nSPS) is 23.5. The van der Waals surface area contributed by atoms with Crippen molar-refractivity contribution in [2.75, 3.05) is 25.5 Å². The van der Waals surface area contributed by atoms with Crippen LogP contribution in [0.5, 0.6) is 0 Å². The van der Waals surface area contributed by atoms with Crippen molar-refractivity contribution in [2.45, 2.75) is 44.4 Å². The fourth-order valence-corrected chi connectivity index (χ4v) is 7.07. The molecule has 0 unspecified atom stereocenters. The molecule has 1 aromatic carbocycles. The standard InChI is InChI=1S/C26H30ClN5O5S2/c1-14-19(24-20-8-17(27)4-3-15(20)5-6-32(24)2)10-23(38-14)25(34)21-11-29-13-30-26(21)31-18-7-16(22(33)9-18)12-37-39(28,35)36/h3-4,8,10-11,13,16,18,22,24,33H,5-7,9,12H2,1-2H3,(H2,28,35,36)(H,29,30,31)/t16-,18-,22+,24+/m1/s1. The van der Waals surface area contributed by atoms with E-state index in [9.17, 15) is 18.3 Å². The summed E-state index contributed by atoms with van der Waals surface area (Å²) in [6.07, 6.45) is 3.77. The lowest BCUT2D eigenvalue weighted by Crippen LogP contribution is -2.33. The second-order valence-corrected chi connectivity index (χ2v) is 13.0. The van der Waals surface area contributed by atoms with Crippen molar-refractivity contribution in [1.29, 1.82) is 0 Å². The Hall–Kier alpha value is -2.45. The first-order valence-electron chi connectivity index (χ1n) is 12.6. The van der Waals surface area contributed by atoms with Gasteiger partial charge in [-0.05, 0) is 68.1 Å². The molecule has 0 radical (unpaired) electrons. The quantitative estimate of drug-likeness (QED) is 0.336. The van der Waals surface area contributed by atoms with Gasteiger partial charge in [0.2, 0.25) is 5.78 Å². The number of aromatic nitrogens is 2. The summed E-state index contributed by atoms with van der Waals surface area (Å²) in [6, 6.07) is 7.72. The molecule has 13 heteroatoms. The van der Waals surface area contributed by atoms with Crippen molar-refractivity contribution in [3.63, 3.8) is 0 Å². The first-order valence-corrected chi connectivity index (χ1v) is 15.2. The number of hydrogen-bond donors (Lipinski definition) is 3. The summed E-state index contributed by atoms with van der Waals surface area (Å²) >= 11 is 7.78. The molecule has 4 N–H and O–H groups in total. The average Bonchev–Trinajstić information content (AvgIpc) is 3.43. The Bertz CT molecular complexity index is 1500. The predicted molar refractivity (Wildman–Crippen MR) is 149 cm³/mol. The molecule has 4 atom stereocenters. The maximum absolute atomic E-state index is 13.7. The molecule has 1 fully saturated rings. The number of aryl methyl sites for hydroxylation is 1. The van der Waals surface area contributed by atoms with Crippen molar-refractivity contribution >= 4 is 44.8 Å². The van der Waals surface area contributed by atoms with Crippen LogP contribution in [-0.2, 0) is 20.9 Å². The highest BCUT2D eigenvalue weighted by molar-refractivity contribution is 7.84. The number of anilines is 1. The number of aliphatic hydroxyl groups is 1. The number of rotatable bonds is 8. The van der Waals surface area contributed by atoms with Gasteiger partial charge in [0.1, 0.15) is 12.1 Å². The van der Waals surface area contributed by atoms with E-state index in [-0.39, 0.29) is 24.5 Å². The maximum atomic E-state index is 13.7. The third-order valence-electron chi connectivity index (χ3n) is 7.45. The third-order valence-corrected chi connectivity index (χ3v) is 9.22. The molecule has 2 aliphatic rings. The molecule has 0 bridgehead atoms. The number of carbonyl (C=O) groups is 1. The molecule has 208 valence electrons. The number of hydrogen-bond acceptors (Lipinski definition) is 10. The van der Waals surface area contributed by atoms with E-state index in [0.29, 0.717) is 34.1 Å². The molecule has 0 saturated heterocycles. The van der Waals surface area contributed by atoms with E-state index < -0.39 is 22.3 Å². The average molecular weight is 592 g/mol. The number of likely N-dealkylation sites (N-methyl/N-ethyl adjacent to an activating group) is 1. The number of halogens is 1. The van der Waals surface area contributed by atoms with Gasteiger partial charge in [0.25, 0.3) is 0 Å². The van der Waals surface area contributed by atoms with Gasteiger partial charge in [-0.25, -0.2) is 15.1 Å². The van der Waals surface area contributed by atoms with E-state index in [0.717, 1.165) is 29.0 Å². The first kappa shape index (κ1) is 28.1. The number of nitrogens with one attached hydrogen (secondary N) is 1. The predicted octanol–water partition coefficient (Wildman–Crippen LogP) is 3.08. The zero-order chi connectivity index (χ0) is 27.9. The van der Waals surface area contributed by atoms with Crippen LogP contribution in [-0.4, -0.2) is 66.5 Å². The van der Waals surface area contributed by atoms with Gasteiger partial charge in [-0.1, -0.05) is 17.7 Å². The van der Waals surface area contributed by atoms with Gasteiger partial charge in [-0.15, -0.1) is 11.3 Å². The zero-order valence-corrected chi connectivity index (χ0v) is 23.9. The van der Waals surface area contributed by atoms with Crippen molar-refractivity contribution in [2.24, 2.45) is 11.1 Å². The van der Waals surface area contributed by atoms with Gasteiger partial charge in [0.05, 0.1) is 29.2 Å². The van der Waals surface area contributed by atoms with Crippen molar-refractivity contribution < 1.29 is 22.5 Å². The smallest absolute Gasteiger partial charge is 0.333 e. The number of benzene rings is 1. The minimum Gasteiger partial charge on any atom is -0.393 e. The zero-order valence-electron chi connectivity index (χ0n) is 21.5. The Morgan fingerprint density at radius 2 is 2.10 bits per heavy atom. The van der Waals surface area contributed by atoms with Crippen LogP contribution in [0.3, 0.4) is 0 Å². The molecule has 39 heavy (non-hydrogen) atoms. The van der Waals surface area contributed by atoms with Crippen LogP contribution < -0.4 is 10.5 Å². The largest absolute Gasteiger partial charge is 0.393 e. The summed E-state index contributed by atoms with van der Waals surface area (Å²) in [4.78, 5) is 26.0. The van der Waals surface area contributed by atoms with Crippen molar-refractivity contribution in [3.05, 3.63) is 73.8 Å². The minimum atomic E-state index is -4.10. The van der Waals surface area contributed by atoms with Crippen LogP contribution >= 0.6 is 22.9 Å². The second-order valence-electron chi connectivity index (χ2n) is 10.1. The highest BCUT2D eigenvalue weighted by Crippen LogP contribution is 2.40. The van der Waals surface area contributed by atoms with Gasteiger partial charge in [0.15, 0.2) is 0 Å². The topological polar surface area (TPSA) is 148 Å². The van der Waals surface area contributed by atoms with E-state index in [1.54, 1.807) is 0 Å². The summed E-state index contributed by atoms with van der Waals surface area (Å²) in [5.41, 5.74) is 3.80. The number of nitrogens with zero attached hydrogens (tertiary/aromatic N) is 3. The third kappa shape index (κ3) is 6.17. The molecule has 3 heterocycles. The van der Waals surface area contributed by atoms with Crippen molar-refractivity contribution in [3.8, 4) is 0 Å². The highest BCUT2D eigenvalue weighted by Gasteiger charge is 2.35. The number of aliphatic hydroxyl groups excluding tert-OH is 1. The van der Waals surface area contributed by atoms with Crippen LogP contribution in [0.25, 0.3) is 0 Å². The Morgan fingerprint density at radius 3 is 2.87 bits per heavy atom. The molecule has 3 aromatic rings. The molecule has 0 amide bonds. The maximum Gasteiger partial charge on any atom is 0.333 e. The van der Waals surface area contributed by atoms with Gasteiger partial charge in [-0.3, -0.25) is 13.9 Å². The lowest BCUT2D eigenvalue weighted by Gasteiger charge is -2.35. The number of ketones is 1. The van der Waals surface area contributed by atoms with Crippen molar-refractivity contribution in [1.82, 2.24) is 14.9 Å². The number of nitrogens with two attached hydrogens (primary N) is 1. The Balaban J connectivity index is 1.37. The van der Waals surface area contributed by atoms with Gasteiger partial charge in [0, 0.05) is 34.6 Å². The summed E-state index contributed by atoms with van der Waals surface area (Å²) in [5.74, 6) is -0.261. The van der Waals surface area contributed by atoms with Gasteiger partial charge in [-0.2, -0.15) is 8.42 Å². The van der Waals surface area contributed by atoms with Crippen LogP contribution in [0.15, 0.2) is 36.8 Å². The molecule has 1 saturated carbocycles. The fraction of sp³-hybridized carbons (Fsp3) is 0.423. The van der Waals surface area contributed by atoms with E-state index in [1.165, 1.54) is 29.4 Å². The molecule has 1 aliphatic heterocycles. The lowest BCUT2D eigenvalue weighted by molar-refractivity contribution is 0.101. The number of fused-ring (bicyclic) bond motifs is 1. The molecular weight excluding hydrogens is 562 g/mol. The molecule has 5 rings (SSSR count). The lowest BCUT2D eigenvalue weighted by atomic mass is 9.88.